The molecule has 9 heteroatoms. The van der Waals surface area contributed by atoms with Gasteiger partial charge in [0.05, 0.1) is 6.42 Å². The Kier molecular flexibility index (Phi) is 6.39. The molecule has 13 heavy (non-hydrogen) atoms. The van der Waals surface area contributed by atoms with Crippen molar-refractivity contribution in [2.75, 3.05) is 0 Å². The molecule has 0 fully saturated rings. The monoisotopic (exact) mass is 410 g/mol. The summed E-state index contributed by atoms with van der Waals surface area (Å²) in [6, 6.07) is 0. The average Bonchev–Trinajstić information content (AvgIpc) is 1.79. The molecule has 0 amide bonds. The number of carboxylic acids is 2. The summed E-state index contributed by atoms with van der Waals surface area (Å²) >= 11 is 0. The molecule has 1 atom stereocenters. The van der Waals surface area contributed by atoms with Crippen LogP contribution in [0.15, 0.2) is 0 Å². The molecule has 7 nitrogen and oxygen atoms in total. The van der Waals surface area contributed by atoms with Crippen LogP contribution in [0.25, 0.3) is 0 Å². The van der Waals surface area contributed by atoms with Gasteiger partial charge in [0.1, 0.15) is 0 Å². The van der Waals surface area contributed by atoms with Crippen molar-refractivity contribution in [3.63, 3.8) is 0 Å². The van der Waals surface area contributed by atoms with Gasteiger partial charge < -0.3 is 10.2 Å². The van der Waals surface area contributed by atoms with Crippen molar-refractivity contribution in [3.05, 3.63) is 0 Å². The van der Waals surface area contributed by atoms with E-state index in [4.69, 9.17) is 14.8 Å². The quantitative estimate of drug-likeness (QED) is 0.349. The molecule has 0 aromatic carbocycles. The average molecular weight is 410 g/mol. The molecule has 0 rings (SSSR count). The fourth-order valence-corrected chi connectivity index (χ4v) is 1.09. The van der Waals surface area contributed by atoms with E-state index in [1.54, 1.807) is 0 Å². The van der Waals surface area contributed by atoms with Crippen LogP contribution in [0.2, 0.25) is 0 Å². The van der Waals surface area contributed by atoms with E-state index < -0.39 is 33.7 Å². The van der Waals surface area contributed by atoms with Crippen LogP contribution in [0, 0.1) is 0 Å². The Morgan fingerprint density at radius 1 is 1.23 bits per heavy atom. The first kappa shape index (κ1) is 15.2. The Balaban J connectivity index is 0. The van der Waals surface area contributed by atoms with Crippen LogP contribution in [0.5, 0.6) is 0 Å². The SMILES string of the molecule is O=C(O)CC(C(=O)O)S(=O)(=O)O.[BiH3]. The standard InChI is InChI=1S/C4H6O7S.Bi.3H/c5-3(6)1-2(4(7)8)12(9,10)11;;;;/h2H,1H2,(H,5,6)(H,7,8)(H,9,10,11);;;;. The third-order valence-corrected chi connectivity index (χ3v) is 2.08. The first-order valence-electron chi connectivity index (χ1n) is 2.66. The van der Waals surface area contributed by atoms with Gasteiger partial charge in [-0.25, -0.2) is 0 Å². The summed E-state index contributed by atoms with van der Waals surface area (Å²) in [7, 11) is -4.84. The van der Waals surface area contributed by atoms with E-state index in [0.717, 1.165) is 0 Å². The molecule has 0 aromatic heterocycles. The molecular weight excluding hydrogens is 401 g/mol. The molecule has 0 spiro atoms. The first-order chi connectivity index (χ1) is 5.25. The molecule has 0 aliphatic carbocycles. The van der Waals surface area contributed by atoms with Crippen molar-refractivity contribution in [3.8, 4) is 0 Å². The van der Waals surface area contributed by atoms with Crippen LogP contribution in [0.1, 0.15) is 6.42 Å². The molecule has 0 aliphatic heterocycles. The second kappa shape index (κ2) is 5.46. The Bertz CT molecular complexity index is 294. The molecule has 78 valence electrons. The Labute approximate surface area is 92.6 Å². The number of hydrogen-bond acceptors (Lipinski definition) is 4. The second-order valence-corrected chi connectivity index (χ2v) is 3.54. The van der Waals surface area contributed by atoms with Crippen molar-refractivity contribution in [1.82, 2.24) is 0 Å². The van der Waals surface area contributed by atoms with E-state index in [1.165, 1.54) is 0 Å². The number of rotatable bonds is 4. The molecule has 0 saturated carbocycles. The third-order valence-electron chi connectivity index (χ3n) is 0.995. The molecule has 0 bridgehead atoms. The number of aliphatic carboxylic acids is 2. The fraction of sp³-hybridized carbons (Fsp3) is 0.500. The van der Waals surface area contributed by atoms with Crippen molar-refractivity contribution in [2.24, 2.45) is 0 Å². The van der Waals surface area contributed by atoms with Crippen LogP contribution < -0.4 is 0 Å². The summed E-state index contributed by atoms with van der Waals surface area (Å²) in [6.07, 6.45) is -1.16. The van der Waals surface area contributed by atoms with E-state index in [0.29, 0.717) is 0 Å². The van der Waals surface area contributed by atoms with Crippen molar-refractivity contribution < 1.29 is 32.8 Å². The fourth-order valence-electron chi connectivity index (χ4n) is 0.479. The van der Waals surface area contributed by atoms with Crippen LogP contribution in [-0.4, -0.2) is 66.6 Å². The minimum atomic E-state index is -4.84. The van der Waals surface area contributed by atoms with Crippen LogP contribution in [0.3, 0.4) is 0 Å². The number of carboxylic acid groups (broad SMARTS) is 2. The summed E-state index contributed by atoms with van der Waals surface area (Å²) in [6.45, 7) is 0. The maximum absolute atomic E-state index is 10.2. The topological polar surface area (TPSA) is 129 Å². The molecule has 0 radical (unpaired) electrons. The van der Waals surface area contributed by atoms with Gasteiger partial charge in [-0.2, -0.15) is 8.42 Å². The summed E-state index contributed by atoms with van der Waals surface area (Å²) in [5.41, 5.74) is 0. The predicted molar refractivity (Wildman–Crippen MR) is 45.2 cm³/mol. The van der Waals surface area contributed by atoms with Gasteiger partial charge >= 0.3 is 38.1 Å². The predicted octanol–water partition coefficient (Wildman–Crippen LogP) is -2.38. The summed E-state index contributed by atoms with van der Waals surface area (Å²) in [5.74, 6) is -3.50. The summed E-state index contributed by atoms with van der Waals surface area (Å²) < 4.78 is 28.7. The van der Waals surface area contributed by atoms with E-state index in [1.807, 2.05) is 0 Å². The normalized spacial score (nSPS) is 12.7. The van der Waals surface area contributed by atoms with Crippen molar-refractivity contribution in [1.29, 1.82) is 0 Å². The van der Waals surface area contributed by atoms with Crippen LogP contribution >= 0.6 is 0 Å². The third kappa shape index (κ3) is 5.89. The Hall–Kier alpha value is -0.267. The molecule has 0 aliphatic rings. The van der Waals surface area contributed by atoms with Crippen LogP contribution in [0.4, 0.5) is 0 Å². The zero-order valence-corrected chi connectivity index (χ0v) is 12.7. The van der Waals surface area contributed by atoms with E-state index in [-0.39, 0.29) is 26.2 Å². The van der Waals surface area contributed by atoms with Gasteiger partial charge in [0.15, 0.2) is 5.25 Å². The minimum absolute atomic E-state index is 0. The van der Waals surface area contributed by atoms with Crippen molar-refractivity contribution in [2.45, 2.75) is 11.7 Å². The number of carbonyl (C=O) groups is 2. The molecular formula is C4H9BiO7S. The number of hydrogen-bond donors (Lipinski definition) is 3. The zero-order valence-electron chi connectivity index (χ0n) is 6.37. The maximum atomic E-state index is 10.2. The summed E-state index contributed by atoms with van der Waals surface area (Å²) in [4.78, 5) is 20.0. The molecule has 1 unspecified atom stereocenters. The molecule has 0 aromatic rings. The summed E-state index contributed by atoms with van der Waals surface area (Å²) in [5, 5.41) is 13.9. The van der Waals surface area contributed by atoms with E-state index in [2.05, 4.69) is 0 Å². The second-order valence-electron chi connectivity index (χ2n) is 1.94. The zero-order chi connectivity index (χ0) is 9.94. The molecule has 3 N–H and O–H groups in total. The van der Waals surface area contributed by atoms with Gasteiger partial charge in [-0.05, 0) is 0 Å². The van der Waals surface area contributed by atoms with E-state index in [9.17, 15) is 18.0 Å². The Morgan fingerprint density at radius 3 is 1.69 bits per heavy atom. The van der Waals surface area contributed by atoms with Gasteiger partial charge in [-0.1, -0.05) is 0 Å². The van der Waals surface area contributed by atoms with E-state index >= 15 is 0 Å². The van der Waals surface area contributed by atoms with Crippen LogP contribution in [-0.2, 0) is 19.7 Å². The van der Waals surface area contributed by atoms with Gasteiger partial charge in [0.2, 0.25) is 0 Å². The first-order valence-corrected chi connectivity index (χ1v) is 4.16. The van der Waals surface area contributed by atoms with Gasteiger partial charge in [0, 0.05) is 0 Å². The van der Waals surface area contributed by atoms with Gasteiger partial charge in [-0.15, -0.1) is 0 Å². The van der Waals surface area contributed by atoms with Crippen molar-refractivity contribution >= 4 is 48.3 Å². The molecule has 0 heterocycles. The van der Waals surface area contributed by atoms with Gasteiger partial charge in [-0.3, -0.25) is 14.1 Å². The molecule has 0 saturated heterocycles. The van der Waals surface area contributed by atoms with Gasteiger partial charge in [0.25, 0.3) is 10.1 Å². The Morgan fingerprint density at radius 2 is 1.62 bits per heavy atom.